The zero-order chi connectivity index (χ0) is 17.4. The highest BCUT2D eigenvalue weighted by atomic mass is 16.5. The second kappa shape index (κ2) is 6.16. The molecule has 0 amide bonds. The molecular weight excluding hydrogens is 316 g/mol. The molecule has 0 radical (unpaired) electrons. The minimum Gasteiger partial charge on any atom is -0.497 e. The van der Waals surface area contributed by atoms with Gasteiger partial charge in [-0.1, -0.05) is 24.3 Å². The topological polar surface area (TPSA) is 61.2 Å². The Balaban J connectivity index is 1.77. The van der Waals surface area contributed by atoms with Gasteiger partial charge in [-0.25, -0.2) is 4.98 Å². The average Bonchev–Trinajstić information content (AvgIpc) is 3.49. The number of hydrogen-bond acceptors (Lipinski definition) is 4. The summed E-state index contributed by atoms with van der Waals surface area (Å²) in [5.41, 5.74) is 1.07. The smallest absolute Gasteiger partial charge is 0.261 e. The van der Waals surface area contributed by atoms with E-state index in [1.807, 2.05) is 18.2 Å². The van der Waals surface area contributed by atoms with Crippen LogP contribution in [0.1, 0.15) is 34.9 Å². The normalized spacial score (nSPS) is 13.8. The van der Waals surface area contributed by atoms with E-state index in [0.717, 1.165) is 18.7 Å². The van der Waals surface area contributed by atoms with Crippen molar-refractivity contribution in [1.29, 1.82) is 0 Å². The quantitative estimate of drug-likeness (QED) is 0.673. The highest BCUT2D eigenvalue weighted by molar-refractivity contribution is 5.96. The van der Waals surface area contributed by atoms with Gasteiger partial charge in [-0.2, -0.15) is 0 Å². The molecule has 4 rings (SSSR count). The molecule has 0 bridgehead atoms. The van der Waals surface area contributed by atoms with Gasteiger partial charge in [-0.3, -0.25) is 14.2 Å². The Hall–Kier alpha value is -2.95. The van der Waals surface area contributed by atoms with E-state index in [0.29, 0.717) is 22.2 Å². The number of nitrogens with zero attached hydrogens (tertiary/aromatic N) is 2. The van der Waals surface area contributed by atoms with Crippen LogP contribution in [0.15, 0.2) is 53.3 Å². The van der Waals surface area contributed by atoms with Crippen molar-refractivity contribution in [2.75, 3.05) is 7.11 Å². The van der Waals surface area contributed by atoms with Crippen molar-refractivity contribution >= 4 is 16.7 Å². The molecule has 0 spiro atoms. The van der Waals surface area contributed by atoms with E-state index in [4.69, 9.17) is 4.74 Å². The first-order chi connectivity index (χ1) is 12.2. The second-order valence-corrected chi connectivity index (χ2v) is 6.31. The molecule has 2 aromatic carbocycles. The fraction of sp³-hybridized carbons (Fsp3) is 0.250. The van der Waals surface area contributed by atoms with Gasteiger partial charge in [0.2, 0.25) is 0 Å². The SMILES string of the molecule is COc1cccc(C(=O)Cn2c(C3CC3)nc3ccccc3c2=O)c1. The van der Waals surface area contributed by atoms with Crippen molar-refractivity contribution in [1.82, 2.24) is 9.55 Å². The summed E-state index contributed by atoms with van der Waals surface area (Å²) in [6.07, 6.45) is 2.02. The molecular formula is C20H18N2O3. The van der Waals surface area contributed by atoms with Gasteiger partial charge in [0.15, 0.2) is 5.78 Å². The van der Waals surface area contributed by atoms with Crippen LogP contribution in [0.5, 0.6) is 5.75 Å². The number of rotatable bonds is 5. The number of ketones is 1. The van der Waals surface area contributed by atoms with E-state index < -0.39 is 0 Å². The van der Waals surface area contributed by atoms with Crippen LogP contribution < -0.4 is 10.3 Å². The summed E-state index contributed by atoms with van der Waals surface area (Å²) in [7, 11) is 1.56. The molecule has 1 aliphatic carbocycles. The van der Waals surface area contributed by atoms with E-state index in [9.17, 15) is 9.59 Å². The van der Waals surface area contributed by atoms with E-state index >= 15 is 0 Å². The van der Waals surface area contributed by atoms with Crippen LogP contribution >= 0.6 is 0 Å². The van der Waals surface area contributed by atoms with E-state index in [1.165, 1.54) is 0 Å². The number of hydrogen-bond donors (Lipinski definition) is 0. The van der Waals surface area contributed by atoms with Crippen LogP contribution in [-0.2, 0) is 6.54 Å². The lowest BCUT2D eigenvalue weighted by molar-refractivity contribution is 0.0969. The summed E-state index contributed by atoms with van der Waals surface area (Å²) >= 11 is 0. The summed E-state index contributed by atoms with van der Waals surface area (Å²) < 4.78 is 6.72. The first kappa shape index (κ1) is 15.6. The molecule has 0 saturated heterocycles. The molecule has 3 aromatic rings. The molecule has 1 fully saturated rings. The maximum absolute atomic E-state index is 12.9. The maximum Gasteiger partial charge on any atom is 0.261 e. The number of para-hydroxylation sites is 1. The number of ether oxygens (including phenoxy) is 1. The molecule has 0 atom stereocenters. The molecule has 0 aliphatic heterocycles. The van der Waals surface area contributed by atoms with Crippen LogP contribution in [0.4, 0.5) is 0 Å². The van der Waals surface area contributed by atoms with Crippen molar-refractivity contribution in [3.05, 3.63) is 70.3 Å². The Morgan fingerprint density at radius 2 is 2.00 bits per heavy atom. The van der Waals surface area contributed by atoms with E-state index in [2.05, 4.69) is 4.98 Å². The summed E-state index contributed by atoms with van der Waals surface area (Å²) in [4.78, 5) is 30.3. The van der Waals surface area contributed by atoms with Gasteiger partial charge in [-0.15, -0.1) is 0 Å². The molecule has 1 aromatic heterocycles. The third-order valence-corrected chi connectivity index (χ3v) is 4.53. The molecule has 5 heteroatoms. The van der Waals surface area contributed by atoms with Crippen molar-refractivity contribution in [3.63, 3.8) is 0 Å². The highest BCUT2D eigenvalue weighted by Gasteiger charge is 2.30. The Bertz CT molecular complexity index is 1020. The summed E-state index contributed by atoms with van der Waals surface area (Å²) in [5, 5.41) is 0.547. The van der Waals surface area contributed by atoms with E-state index in [-0.39, 0.29) is 23.8 Å². The number of methoxy groups -OCH3 is 1. The third-order valence-electron chi connectivity index (χ3n) is 4.53. The predicted molar refractivity (Wildman–Crippen MR) is 95.3 cm³/mol. The monoisotopic (exact) mass is 334 g/mol. The molecule has 5 nitrogen and oxygen atoms in total. The molecule has 1 heterocycles. The van der Waals surface area contributed by atoms with Crippen molar-refractivity contribution < 1.29 is 9.53 Å². The third kappa shape index (κ3) is 2.93. The molecule has 25 heavy (non-hydrogen) atoms. The molecule has 1 saturated carbocycles. The lowest BCUT2D eigenvalue weighted by atomic mass is 10.1. The fourth-order valence-electron chi connectivity index (χ4n) is 3.02. The Morgan fingerprint density at radius 1 is 1.20 bits per heavy atom. The van der Waals surface area contributed by atoms with Crippen LogP contribution in [0, 0.1) is 0 Å². The first-order valence-corrected chi connectivity index (χ1v) is 8.34. The summed E-state index contributed by atoms with van der Waals surface area (Å²) in [6, 6.07) is 14.3. The Kier molecular flexibility index (Phi) is 3.84. The van der Waals surface area contributed by atoms with Gasteiger partial charge in [0.25, 0.3) is 5.56 Å². The minimum absolute atomic E-state index is 0.00430. The molecule has 1 aliphatic rings. The van der Waals surface area contributed by atoms with E-state index in [1.54, 1.807) is 42.0 Å². The van der Waals surface area contributed by atoms with Crippen molar-refractivity contribution in [3.8, 4) is 5.75 Å². The fourth-order valence-corrected chi connectivity index (χ4v) is 3.02. The second-order valence-electron chi connectivity index (χ2n) is 6.31. The first-order valence-electron chi connectivity index (χ1n) is 8.34. The van der Waals surface area contributed by atoms with Gasteiger partial charge < -0.3 is 4.74 Å². The maximum atomic E-state index is 12.9. The van der Waals surface area contributed by atoms with Crippen LogP contribution in [-0.4, -0.2) is 22.4 Å². The lowest BCUT2D eigenvalue weighted by Crippen LogP contribution is -2.28. The van der Waals surface area contributed by atoms with Gasteiger partial charge in [-0.05, 0) is 37.1 Å². The number of fused-ring (bicyclic) bond motifs is 1. The predicted octanol–water partition coefficient (Wildman–Crippen LogP) is 3.17. The van der Waals surface area contributed by atoms with Crippen LogP contribution in [0.25, 0.3) is 10.9 Å². The number of aromatic nitrogens is 2. The summed E-state index contributed by atoms with van der Waals surface area (Å²) in [5.74, 6) is 1.49. The molecule has 126 valence electrons. The van der Waals surface area contributed by atoms with Crippen molar-refractivity contribution in [2.24, 2.45) is 0 Å². The Labute approximate surface area is 144 Å². The lowest BCUT2D eigenvalue weighted by Gasteiger charge is -2.13. The van der Waals surface area contributed by atoms with Gasteiger partial charge >= 0.3 is 0 Å². The van der Waals surface area contributed by atoms with Gasteiger partial charge in [0, 0.05) is 11.5 Å². The number of carbonyl (C=O) groups excluding carboxylic acids is 1. The number of benzene rings is 2. The van der Waals surface area contributed by atoms with Crippen LogP contribution in [0.2, 0.25) is 0 Å². The molecule has 0 unspecified atom stereocenters. The highest BCUT2D eigenvalue weighted by Crippen LogP contribution is 2.39. The zero-order valence-corrected chi connectivity index (χ0v) is 13.9. The van der Waals surface area contributed by atoms with Crippen molar-refractivity contribution in [2.45, 2.75) is 25.3 Å². The van der Waals surface area contributed by atoms with Gasteiger partial charge in [0.05, 0.1) is 24.6 Å². The minimum atomic E-state index is -0.149. The number of Topliss-reactive ketones (excluding diaryl/α,β-unsaturated/α-hetero) is 1. The molecule has 0 N–H and O–H groups in total. The number of carbonyl (C=O) groups is 1. The zero-order valence-electron chi connectivity index (χ0n) is 13.9. The van der Waals surface area contributed by atoms with Crippen LogP contribution in [0.3, 0.4) is 0 Å². The summed E-state index contributed by atoms with van der Waals surface area (Å²) in [6.45, 7) is -0.00430. The average molecular weight is 334 g/mol. The van der Waals surface area contributed by atoms with Gasteiger partial charge in [0.1, 0.15) is 11.6 Å². The largest absolute Gasteiger partial charge is 0.497 e. The standard InChI is InChI=1S/C20H18N2O3/c1-25-15-6-4-5-14(11-15)18(23)12-22-19(13-9-10-13)21-17-8-3-2-7-16(17)20(22)24/h2-8,11,13H,9-10,12H2,1H3. The Morgan fingerprint density at radius 3 is 2.76 bits per heavy atom.